The predicted octanol–water partition coefficient (Wildman–Crippen LogP) is 1.32. The fraction of sp³-hybridized carbons (Fsp3) is 0.278. The molecule has 0 N–H and O–H groups in total. The van der Waals surface area contributed by atoms with Crippen LogP contribution < -0.4 is 9.64 Å². The van der Waals surface area contributed by atoms with Crippen LogP contribution in [0.4, 0.5) is 10.2 Å². The van der Waals surface area contributed by atoms with E-state index in [0.717, 1.165) is 6.07 Å². The highest BCUT2D eigenvalue weighted by Gasteiger charge is 2.31. The van der Waals surface area contributed by atoms with Crippen molar-refractivity contribution < 1.29 is 17.5 Å². The number of piperazine rings is 1. The normalized spacial score (nSPS) is 15.4. The largest absolute Gasteiger partial charge is 0.495 e. The number of halogens is 1. The molecule has 9 nitrogen and oxygen atoms in total. The maximum Gasteiger partial charge on any atom is 0.246 e. The van der Waals surface area contributed by atoms with Gasteiger partial charge >= 0.3 is 0 Å². The highest BCUT2D eigenvalue weighted by molar-refractivity contribution is 7.89. The molecule has 2 aromatic heterocycles. The Kier molecular flexibility index (Phi) is 5.16. The predicted molar refractivity (Wildman–Crippen MR) is 103 cm³/mol. The molecule has 29 heavy (non-hydrogen) atoms. The Morgan fingerprint density at radius 2 is 1.76 bits per heavy atom. The summed E-state index contributed by atoms with van der Waals surface area (Å²) in [6.07, 6.45) is 3.43. The van der Waals surface area contributed by atoms with E-state index < -0.39 is 15.8 Å². The van der Waals surface area contributed by atoms with Crippen LogP contribution in [0.2, 0.25) is 0 Å². The maximum absolute atomic E-state index is 13.6. The molecular weight excluding hydrogens is 399 g/mol. The third kappa shape index (κ3) is 3.78. The molecule has 0 unspecified atom stereocenters. The van der Waals surface area contributed by atoms with E-state index in [0.29, 0.717) is 24.7 Å². The first-order valence-electron chi connectivity index (χ1n) is 8.91. The maximum atomic E-state index is 13.6. The molecule has 3 heterocycles. The van der Waals surface area contributed by atoms with Crippen LogP contribution in [0.1, 0.15) is 0 Å². The summed E-state index contributed by atoms with van der Waals surface area (Å²) in [4.78, 5) is 1.78. The van der Waals surface area contributed by atoms with Gasteiger partial charge in [0.15, 0.2) is 11.6 Å². The average Bonchev–Trinajstić information content (AvgIpc) is 3.29. The lowest BCUT2D eigenvalue weighted by molar-refractivity contribution is 0.372. The van der Waals surface area contributed by atoms with Crippen molar-refractivity contribution in [2.24, 2.45) is 0 Å². The van der Waals surface area contributed by atoms with Crippen molar-refractivity contribution in [3.05, 3.63) is 54.6 Å². The molecular formula is C18H19FN6O3S. The monoisotopic (exact) mass is 418 g/mol. The minimum Gasteiger partial charge on any atom is -0.495 e. The van der Waals surface area contributed by atoms with Gasteiger partial charge in [-0.25, -0.2) is 17.5 Å². The van der Waals surface area contributed by atoms with E-state index >= 15 is 0 Å². The molecule has 1 saturated heterocycles. The van der Waals surface area contributed by atoms with Gasteiger partial charge in [0.1, 0.15) is 16.5 Å². The summed E-state index contributed by atoms with van der Waals surface area (Å²) in [5.74, 6) is 0.740. The first-order valence-corrected chi connectivity index (χ1v) is 10.4. The molecule has 0 bridgehead atoms. The number of sulfonamides is 1. The third-order valence-corrected chi connectivity index (χ3v) is 6.60. The number of ether oxygens (including phenoxy) is 1. The van der Waals surface area contributed by atoms with E-state index in [9.17, 15) is 12.8 Å². The zero-order valence-electron chi connectivity index (χ0n) is 15.6. The molecule has 1 aromatic carbocycles. The molecule has 0 saturated carbocycles. The van der Waals surface area contributed by atoms with Crippen molar-refractivity contribution in [1.82, 2.24) is 24.3 Å². The van der Waals surface area contributed by atoms with E-state index in [1.807, 2.05) is 11.0 Å². The van der Waals surface area contributed by atoms with Gasteiger partial charge in [0.25, 0.3) is 0 Å². The van der Waals surface area contributed by atoms with Gasteiger partial charge in [-0.1, -0.05) is 0 Å². The second-order valence-corrected chi connectivity index (χ2v) is 8.29. The standard InChI is InChI=1S/C18H19FN6O3S/c1-28-15-4-3-14(19)13-16(15)29(26,27)24-11-9-23(10-12-24)17-5-6-18(22-21-17)25-8-2-7-20-25/h2-8,13H,9-12H2,1H3. The van der Waals surface area contributed by atoms with Crippen LogP contribution in [0.25, 0.3) is 5.82 Å². The van der Waals surface area contributed by atoms with Crippen LogP contribution in [0.5, 0.6) is 5.75 Å². The van der Waals surface area contributed by atoms with Crippen molar-refractivity contribution in [1.29, 1.82) is 0 Å². The van der Waals surface area contributed by atoms with E-state index in [1.165, 1.54) is 23.5 Å². The van der Waals surface area contributed by atoms with E-state index in [1.54, 1.807) is 29.2 Å². The molecule has 0 radical (unpaired) electrons. The Hall–Kier alpha value is -3.05. The summed E-state index contributed by atoms with van der Waals surface area (Å²) in [6.45, 7) is 1.36. The highest BCUT2D eigenvalue weighted by Crippen LogP contribution is 2.28. The molecule has 0 atom stereocenters. The van der Waals surface area contributed by atoms with Gasteiger partial charge in [-0.2, -0.15) is 9.40 Å². The number of rotatable bonds is 5. The van der Waals surface area contributed by atoms with Gasteiger partial charge in [-0.15, -0.1) is 10.2 Å². The third-order valence-electron chi connectivity index (χ3n) is 4.68. The summed E-state index contributed by atoms with van der Waals surface area (Å²) in [6, 6.07) is 8.89. The van der Waals surface area contributed by atoms with E-state index in [2.05, 4.69) is 15.3 Å². The van der Waals surface area contributed by atoms with Crippen LogP contribution in [-0.4, -0.2) is 66.0 Å². The Morgan fingerprint density at radius 1 is 1.03 bits per heavy atom. The van der Waals surface area contributed by atoms with Crippen LogP contribution >= 0.6 is 0 Å². The molecule has 0 amide bonds. The van der Waals surface area contributed by atoms with Gasteiger partial charge in [-0.05, 0) is 36.4 Å². The van der Waals surface area contributed by atoms with Crippen molar-refractivity contribution in [2.75, 3.05) is 38.2 Å². The van der Waals surface area contributed by atoms with Crippen molar-refractivity contribution >= 4 is 15.8 Å². The van der Waals surface area contributed by atoms with Crippen molar-refractivity contribution in [3.63, 3.8) is 0 Å². The summed E-state index contributed by atoms with van der Waals surface area (Å²) in [7, 11) is -2.52. The molecule has 3 aromatic rings. The lowest BCUT2D eigenvalue weighted by Crippen LogP contribution is -2.49. The van der Waals surface area contributed by atoms with Gasteiger partial charge < -0.3 is 9.64 Å². The Bertz CT molecular complexity index is 1080. The van der Waals surface area contributed by atoms with Gasteiger partial charge in [0, 0.05) is 38.6 Å². The quantitative estimate of drug-likeness (QED) is 0.617. The molecule has 1 aliphatic heterocycles. The molecule has 152 valence electrons. The van der Waals surface area contributed by atoms with Gasteiger partial charge in [-0.3, -0.25) is 0 Å². The average molecular weight is 418 g/mol. The molecule has 0 aliphatic carbocycles. The zero-order valence-corrected chi connectivity index (χ0v) is 16.5. The van der Waals surface area contributed by atoms with Crippen LogP contribution in [0.15, 0.2) is 53.7 Å². The smallest absolute Gasteiger partial charge is 0.246 e. The molecule has 11 heteroatoms. The summed E-state index contributed by atoms with van der Waals surface area (Å²) >= 11 is 0. The highest BCUT2D eigenvalue weighted by atomic mass is 32.2. The molecule has 4 rings (SSSR count). The number of anilines is 1. The van der Waals surface area contributed by atoms with E-state index in [4.69, 9.17) is 4.74 Å². The number of hydrogen-bond acceptors (Lipinski definition) is 7. The number of aromatic nitrogens is 4. The number of hydrogen-bond donors (Lipinski definition) is 0. The van der Waals surface area contributed by atoms with Crippen LogP contribution in [-0.2, 0) is 10.0 Å². The van der Waals surface area contributed by atoms with Crippen molar-refractivity contribution in [3.8, 4) is 11.6 Å². The first-order chi connectivity index (χ1) is 14.0. The van der Waals surface area contributed by atoms with Gasteiger partial charge in [0.05, 0.1) is 7.11 Å². The minimum absolute atomic E-state index is 0.119. The Labute approximate surface area is 167 Å². The fourth-order valence-electron chi connectivity index (χ4n) is 3.16. The van der Waals surface area contributed by atoms with Crippen LogP contribution in [0, 0.1) is 5.82 Å². The second-order valence-electron chi connectivity index (χ2n) is 6.39. The lowest BCUT2D eigenvalue weighted by Gasteiger charge is -2.34. The number of methoxy groups -OCH3 is 1. The lowest BCUT2D eigenvalue weighted by atomic mass is 10.3. The second kappa shape index (κ2) is 7.76. The van der Waals surface area contributed by atoms with E-state index in [-0.39, 0.29) is 23.7 Å². The first kappa shape index (κ1) is 19.3. The topological polar surface area (TPSA) is 93.5 Å². The van der Waals surface area contributed by atoms with Gasteiger partial charge in [0.2, 0.25) is 10.0 Å². The fourth-order valence-corrected chi connectivity index (χ4v) is 4.75. The summed E-state index contributed by atoms with van der Waals surface area (Å²) in [5, 5.41) is 12.5. The Balaban J connectivity index is 1.47. The summed E-state index contributed by atoms with van der Waals surface area (Å²) < 4.78 is 47.6. The number of benzene rings is 1. The Morgan fingerprint density at radius 3 is 2.38 bits per heavy atom. The molecule has 1 fully saturated rings. The van der Waals surface area contributed by atoms with Crippen molar-refractivity contribution in [2.45, 2.75) is 4.90 Å². The number of nitrogens with zero attached hydrogens (tertiary/aromatic N) is 6. The summed E-state index contributed by atoms with van der Waals surface area (Å²) in [5.41, 5.74) is 0. The SMILES string of the molecule is COc1ccc(F)cc1S(=O)(=O)N1CCN(c2ccc(-n3cccn3)nn2)CC1. The van der Waals surface area contributed by atoms with Crippen LogP contribution in [0.3, 0.4) is 0 Å². The molecule has 1 aliphatic rings. The molecule has 0 spiro atoms. The zero-order chi connectivity index (χ0) is 20.4. The minimum atomic E-state index is -3.88.